The number of nitrogens with two attached hydrogens (primary N) is 2. The summed E-state index contributed by atoms with van der Waals surface area (Å²) in [5.74, 6) is -3.55. The summed E-state index contributed by atoms with van der Waals surface area (Å²) >= 11 is 0. The smallest absolute Gasteiger partial charge is 0.549 e. The van der Waals surface area contributed by atoms with Crippen LogP contribution in [-0.2, 0) is 30.7 Å². The standard InChI is InChI=1S/C12H21NO5.2C5H11N.Pt/c14-9-12(10(15)16,11(17)18)5-4-8-13-6-2-1-3-7-13;2*6-5-3-1-2-4-5;/h14H,1-9H2,(H,15,16)(H,17,18);2*5H,1-4,6H2;/q;;;+2/p-2. The van der Waals surface area contributed by atoms with Gasteiger partial charge in [0.05, 0.1) is 24.0 Å². The number of aliphatic carboxylic acids is 2. The van der Waals surface area contributed by atoms with E-state index in [4.69, 9.17) is 16.6 Å². The predicted molar refractivity (Wildman–Crippen MR) is 112 cm³/mol. The summed E-state index contributed by atoms with van der Waals surface area (Å²) in [6.07, 6.45) is 14.2. The van der Waals surface area contributed by atoms with Crippen molar-refractivity contribution in [2.75, 3.05) is 26.2 Å². The molecule has 0 aromatic rings. The summed E-state index contributed by atoms with van der Waals surface area (Å²) < 4.78 is 0. The molecule has 1 saturated heterocycles. The minimum Gasteiger partial charge on any atom is -0.549 e. The summed E-state index contributed by atoms with van der Waals surface area (Å²) in [4.78, 5) is 23.9. The van der Waals surface area contributed by atoms with Gasteiger partial charge in [-0.2, -0.15) is 0 Å². The van der Waals surface area contributed by atoms with Crippen molar-refractivity contribution in [1.29, 1.82) is 0 Å². The molecule has 0 bridgehead atoms. The van der Waals surface area contributed by atoms with E-state index < -0.39 is 24.0 Å². The molecule has 9 heteroatoms. The van der Waals surface area contributed by atoms with Gasteiger partial charge in [0.25, 0.3) is 0 Å². The Morgan fingerprint density at radius 1 is 0.839 bits per heavy atom. The minimum absolute atomic E-state index is 0. The zero-order chi connectivity index (χ0) is 22.4. The van der Waals surface area contributed by atoms with Crippen LogP contribution in [0, 0.1) is 5.41 Å². The van der Waals surface area contributed by atoms with Gasteiger partial charge < -0.3 is 41.3 Å². The van der Waals surface area contributed by atoms with E-state index in [-0.39, 0.29) is 27.5 Å². The van der Waals surface area contributed by atoms with Crippen molar-refractivity contribution in [3.05, 3.63) is 0 Å². The number of aliphatic hydroxyl groups is 1. The summed E-state index contributed by atoms with van der Waals surface area (Å²) in [6.45, 7) is 1.57. The Morgan fingerprint density at radius 2 is 1.26 bits per heavy atom. The normalized spacial score (nSPS) is 20.1. The molecule has 1 heterocycles. The van der Waals surface area contributed by atoms with Crippen LogP contribution in [0.2, 0.25) is 0 Å². The van der Waals surface area contributed by atoms with Crippen LogP contribution in [0.5, 0.6) is 0 Å². The molecule has 3 rings (SSSR count). The Labute approximate surface area is 201 Å². The number of rotatable bonds is 7. The molecular formula is C22H41N3O5Pt. The van der Waals surface area contributed by atoms with Crippen molar-refractivity contribution in [2.45, 2.75) is 95.6 Å². The average molecular weight is 623 g/mol. The van der Waals surface area contributed by atoms with E-state index in [1.165, 1.54) is 57.8 Å². The van der Waals surface area contributed by atoms with Gasteiger partial charge in [0, 0.05) is 12.1 Å². The zero-order valence-corrected chi connectivity index (χ0v) is 20.9. The summed E-state index contributed by atoms with van der Waals surface area (Å²) in [7, 11) is 0. The van der Waals surface area contributed by atoms with E-state index in [9.17, 15) is 19.8 Å². The monoisotopic (exact) mass is 622 g/mol. The molecule has 0 aromatic heterocycles. The van der Waals surface area contributed by atoms with Gasteiger partial charge in [-0.15, -0.1) is 0 Å². The number of likely N-dealkylation sites (tertiary alicyclic amines) is 1. The number of carbonyl (C=O) groups is 2. The van der Waals surface area contributed by atoms with Crippen molar-refractivity contribution in [3.8, 4) is 0 Å². The Morgan fingerprint density at radius 3 is 1.55 bits per heavy atom. The number of hydrogen-bond donors (Lipinski definition) is 3. The zero-order valence-electron chi connectivity index (χ0n) is 18.7. The van der Waals surface area contributed by atoms with Crippen molar-refractivity contribution in [1.82, 2.24) is 4.90 Å². The Hall–Kier alpha value is -0.532. The predicted octanol–water partition coefficient (Wildman–Crippen LogP) is -0.496. The Balaban J connectivity index is 0.000000559. The summed E-state index contributed by atoms with van der Waals surface area (Å²) in [6, 6.07) is 1.09. The molecule has 5 N–H and O–H groups in total. The maximum Gasteiger partial charge on any atom is 2.00 e. The van der Waals surface area contributed by atoms with Gasteiger partial charge in [0.2, 0.25) is 0 Å². The molecule has 0 aromatic carbocycles. The number of nitrogens with zero attached hydrogens (tertiary/aromatic N) is 1. The van der Waals surface area contributed by atoms with Crippen LogP contribution in [0.15, 0.2) is 0 Å². The van der Waals surface area contributed by atoms with Gasteiger partial charge in [0.1, 0.15) is 0 Å². The van der Waals surface area contributed by atoms with Crippen LogP contribution in [0.1, 0.15) is 83.5 Å². The number of carboxylic acid groups (broad SMARTS) is 2. The Bertz CT molecular complexity index is 464. The first-order chi connectivity index (χ1) is 14.3. The van der Waals surface area contributed by atoms with Gasteiger partial charge in [-0.1, -0.05) is 32.1 Å². The number of carbonyl (C=O) groups excluding carboxylic acids is 2. The summed E-state index contributed by atoms with van der Waals surface area (Å²) in [5.41, 5.74) is 8.80. The van der Waals surface area contributed by atoms with Crippen LogP contribution in [0.3, 0.4) is 0 Å². The molecule has 0 atom stereocenters. The first-order valence-corrected chi connectivity index (χ1v) is 11.6. The molecule has 2 saturated carbocycles. The van der Waals surface area contributed by atoms with Crippen LogP contribution in [0.25, 0.3) is 0 Å². The summed E-state index contributed by atoms with van der Waals surface area (Å²) in [5, 5.41) is 30.7. The van der Waals surface area contributed by atoms with Crippen LogP contribution in [0.4, 0.5) is 0 Å². The van der Waals surface area contributed by atoms with Crippen molar-refractivity contribution >= 4 is 11.9 Å². The topological polar surface area (TPSA) is 156 Å². The van der Waals surface area contributed by atoms with E-state index in [2.05, 4.69) is 4.90 Å². The van der Waals surface area contributed by atoms with Crippen LogP contribution < -0.4 is 21.7 Å². The first kappa shape index (κ1) is 30.5. The third-order valence-electron chi connectivity index (χ3n) is 6.38. The molecule has 0 amide bonds. The number of hydrogen-bond acceptors (Lipinski definition) is 8. The number of piperidine rings is 1. The molecule has 31 heavy (non-hydrogen) atoms. The van der Waals surface area contributed by atoms with Gasteiger partial charge in [-0.05, 0) is 71.0 Å². The molecule has 0 radical (unpaired) electrons. The molecule has 0 spiro atoms. The molecule has 3 fully saturated rings. The van der Waals surface area contributed by atoms with Crippen LogP contribution >= 0.6 is 0 Å². The maximum absolute atomic E-state index is 10.9. The van der Waals surface area contributed by atoms with Gasteiger partial charge >= 0.3 is 21.1 Å². The van der Waals surface area contributed by atoms with Crippen molar-refractivity contribution < 1.29 is 46.0 Å². The molecule has 184 valence electrons. The fraction of sp³-hybridized carbons (Fsp3) is 0.909. The van der Waals surface area contributed by atoms with E-state index >= 15 is 0 Å². The van der Waals surface area contributed by atoms with E-state index in [1.54, 1.807) is 0 Å². The van der Waals surface area contributed by atoms with Crippen molar-refractivity contribution in [2.24, 2.45) is 16.9 Å². The Kier molecular flexibility index (Phi) is 16.7. The van der Waals surface area contributed by atoms with Gasteiger partial charge in [-0.25, -0.2) is 0 Å². The van der Waals surface area contributed by atoms with E-state index in [0.29, 0.717) is 25.0 Å². The molecular weight excluding hydrogens is 581 g/mol. The third-order valence-corrected chi connectivity index (χ3v) is 6.38. The fourth-order valence-corrected chi connectivity index (χ4v) is 4.20. The first-order valence-electron chi connectivity index (χ1n) is 11.6. The SMILES string of the molecule is NC1CCCC1.NC1CCCC1.O=C([O-])C(CO)(CCCN1CCCCC1)C(=O)[O-].[Pt+2]. The fourth-order valence-electron chi connectivity index (χ4n) is 4.20. The van der Waals surface area contributed by atoms with Crippen molar-refractivity contribution in [3.63, 3.8) is 0 Å². The van der Waals surface area contributed by atoms with Gasteiger partial charge in [0.15, 0.2) is 0 Å². The maximum atomic E-state index is 10.9. The van der Waals surface area contributed by atoms with Crippen LogP contribution in [-0.4, -0.2) is 60.3 Å². The molecule has 2 aliphatic carbocycles. The molecule has 8 nitrogen and oxygen atoms in total. The third kappa shape index (κ3) is 11.8. The quantitative estimate of drug-likeness (QED) is 0.321. The molecule has 0 unspecified atom stereocenters. The largest absolute Gasteiger partial charge is 2.00 e. The average Bonchev–Trinajstić information content (AvgIpc) is 3.40. The number of carboxylic acids is 2. The molecule has 3 aliphatic rings. The minimum atomic E-state index is -2.27. The van der Waals surface area contributed by atoms with E-state index in [1.807, 2.05) is 0 Å². The molecule has 1 aliphatic heterocycles. The second-order valence-corrected chi connectivity index (χ2v) is 8.91. The van der Waals surface area contributed by atoms with Gasteiger partial charge in [-0.3, -0.25) is 0 Å². The van der Waals surface area contributed by atoms with E-state index in [0.717, 1.165) is 25.9 Å². The number of aliphatic hydroxyl groups excluding tert-OH is 1. The second kappa shape index (κ2) is 17.0. The second-order valence-electron chi connectivity index (χ2n) is 8.91.